The van der Waals surface area contributed by atoms with Crippen molar-refractivity contribution in [2.24, 2.45) is 10.9 Å². The summed E-state index contributed by atoms with van der Waals surface area (Å²) in [5.41, 5.74) is 0. The number of hydrogen-bond acceptors (Lipinski definition) is 5. The number of hydrogen-bond donors (Lipinski definition) is 0. The molecule has 2 heterocycles. The number of carbonyl (C=O) groups excluding carboxylic acids is 1. The molecule has 0 aromatic carbocycles. The first-order valence-corrected chi connectivity index (χ1v) is 7.61. The van der Waals surface area contributed by atoms with Gasteiger partial charge in [-0.15, -0.1) is 0 Å². The van der Waals surface area contributed by atoms with Crippen molar-refractivity contribution < 1.29 is 9.53 Å². The van der Waals surface area contributed by atoms with E-state index in [0.29, 0.717) is 6.61 Å². The van der Waals surface area contributed by atoms with Crippen LogP contribution in [0, 0.1) is 17.2 Å². The van der Waals surface area contributed by atoms with Gasteiger partial charge in [0.25, 0.3) is 0 Å². The Labute approximate surface area is 126 Å². The summed E-state index contributed by atoms with van der Waals surface area (Å²) in [5.74, 6) is -0.487. The van der Waals surface area contributed by atoms with Crippen LogP contribution in [0.2, 0.25) is 0 Å². The van der Waals surface area contributed by atoms with Crippen LogP contribution in [0.3, 0.4) is 0 Å². The number of esters is 1. The quantitative estimate of drug-likeness (QED) is 0.437. The molecule has 2 aliphatic rings. The third-order valence-corrected chi connectivity index (χ3v) is 4.20. The first kappa shape index (κ1) is 15.8. The van der Waals surface area contributed by atoms with Crippen molar-refractivity contribution in [1.29, 1.82) is 5.26 Å². The van der Waals surface area contributed by atoms with Gasteiger partial charge in [0.1, 0.15) is 6.04 Å². The highest BCUT2D eigenvalue weighted by atomic mass is 16.5. The molecule has 116 valence electrons. The number of piperidine rings is 1. The van der Waals surface area contributed by atoms with Gasteiger partial charge in [0.2, 0.25) is 0 Å². The van der Waals surface area contributed by atoms with E-state index in [1.54, 1.807) is 13.3 Å². The molecule has 2 fully saturated rings. The zero-order chi connectivity index (χ0) is 15.4. The molecule has 0 radical (unpaired) electrons. The highest BCUT2D eigenvalue weighted by Crippen LogP contribution is 2.38. The molecule has 2 saturated heterocycles. The minimum Gasteiger partial charge on any atom is -0.465 e. The van der Waals surface area contributed by atoms with E-state index in [-0.39, 0.29) is 24.0 Å². The average Bonchev–Trinajstić information content (AvgIpc) is 2.78. The van der Waals surface area contributed by atoms with Crippen LogP contribution >= 0.6 is 0 Å². The molecule has 0 bridgehead atoms. The average molecular weight is 292 g/mol. The topological polar surface area (TPSA) is 68.9 Å². The number of rotatable bonds is 4. The number of ether oxygens (including phenoxy) is 1. The lowest BCUT2D eigenvalue weighted by Gasteiger charge is -2.33. The third-order valence-electron chi connectivity index (χ3n) is 4.20. The molecule has 0 aromatic rings. The summed E-state index contributed by atoms with van der Waals surface area (Å²) < 4.78 is 5.23. The summed E-state index contributed by atoms with van der Waals surface area (Å²) in [6, 6.07) is 1.76. The van der Waals surface area contributed by atoms with Gasteiger partial charge in [-0.2, -0.15) is 5.26 Å². The minimum absolute atomic E-state index is 0.127. The maximum atomic E-state index is 12.4. The molecular weight excluding hydrogens is 268 g/mol. The second kappa shape index (κ2) is 6.90. The maximum absolute atomic E-state index is 12.4. The monoisotopic (exact) mass is 292 g/mol. The molecule has 21 heavy (non-hydrogen) atoms. The molecular formula is C15H24N4O2. The molecule has 6 nitrogen and oxygen atoms in total. The molecule has 4 unspecified atom stereocenters. The van der Waals surface area contributed by atoms with Gasteiger partial charge >= 0.3 is 5.97 Å². The fraction of sp³-hybridized carbons (Fsp3) is 0.800. The molecule has 0 spiro atoms. The van der Waals surface area contributed by atoms with Crippen molar-refractivity contribution in [3.63, 3.8) is 0 Å². The van der Waals surface area contributed by atoms with Gasteiger partial charge in [-0.3, -0.25) is 14.7 Å². The first-order valence-electron chi connectivity index (χ1n) is 7.61. The summed E-state index contributed by atoms with van der Waals surface area (Å²) in [7, 11) is 3.76. The second-order valence-corrected chi connectivity index (χ2v) is 5.87. The summed E-state index contributed by atoms with van der Waals surface area (Å²) in [6.07, 6.45) is 4.83. The number of carbonyl (C=O) groups is 1. The van der Waals surface area contributed by atoms with E-state index in [0.717, 1.165) is 25.8 Å². The van der Waals surface area contributed by atoms with Gasteiger partial charge in [0, 0.05) is 20.1 Å². The van der Waals surface area contributed by atoms with E-state index in [1.807, 2.05) is 19.0 Å². The van der Waals surface area contributed by atoms with E-state index in [9.17, 15) is 10.1 Å². The van der Waals surface area contributed by atoms with Crippen LogP contribution in [-0.2, 0) is 9.53 Å². The van der Waals surface area contributed by atoms with E-state index < -0.39 is 6.04 Å². The van der Waals surface area contributed by atoms with Crippen LogP contribution in [-0.4, -0.2) is 67.5 Å². The maximum Gasteiger partial charge on any atom is 0.325 e. The fourth-order valence-electron chi connectivity index (χ4n) is 3.38. The molecule has 4 atom stereocenters. The van der Waals surface area contributed by atoms with Crippen LogP contribution < -0.4 is 0 Å². The largest absolute Gasteiger partial charge is 0.465 e. The highest BCUT2D eigenvalue weighted by Gasteiger charge is 2.53. The summed E-state index contributed by atoms with van der Waals surface area (Å²) in [6.45, 7) is 3.01. The molecule has 0 aliphatic carbocycles. The van der Waals surface area contributed by atoms with Crippen LogP contribution in [0.5, 0.6) is 0 Å². The van der Waals surface area contributed by atoms with Crippen molar-refractivity contribution in [2.45, 2.75) is 44.3 Å². The zero-order valence-corrected chi connectivity index (χ0v) is 13.0. The van der Waals surface area contributed by atoms with Crippen LogP contribution in [0.15, 0.2) is 4.99 Å². The first-order chi connectivity index (χ1) is 10.1. The van der Waals surface area contributed by atoms with Gasteiger partial charge in [-0.25, -0.2) is 0 Å². The van der Waals surface area contributed by atoms with Gasteiger partial charge < -0.3 is 9.64 Å². The lowest BCUT2D eigenvalue weighted by Crippen LogP contribution is -2.47. The van der Waals surface area contributed by atoms with Crippen molar-refractivity contribution in [2.75, 3.05) is 27.2 Å². The number of nitriles is 1. The molecule has 0 N–H and O–H groups in total. The smallest absolute Gasteiger partial charge is 0.325 e. The molecule has 0 aromatic heterocycles. The highest BCUT2D eigenvalue weighted by molar-refractivity contribution is 5.78. The Morgan fingerprint density at radius 2 is 2.29 bits per heavy atom. The Kier molecular flexibility index (Phi) is 5.18. The Morgan fingerprint density at radius 1 is 1.52 bits per heavy atom. The predicted octanol–water partition coefficient (Wildman–Crippen LogP) is 0.884. The Bertz CT molecular complexity index is 443. The standard InChI is InChI=1S/C15H24N4O2/c1-4-21-15(20)14-13(17-10-18(2)3)11(9-16)12-7-5-6-8-19(12)14/h10-14H,4-8H2,1-3H3. The molecule has 2 aliphatic heterocycles. The van der Waals surface area contributed by atoms with Crippen LogP contribution in [0.25, 0.3) is 0 Å². The van der Waals surface area contributed by atoms with Gasteiger partial charge in [-0.05, 0) is 26.3 Å². The summed E-state index contributed by atoms with van der Waals surface area (Å²) >= 11 is 0. The zero-order valence-electron chi connectivity index (χ0n) is 13.0. The van der Waals surface area contributed by atoms with Crippen molar-refractivity contribution in [3.8, 4) is 6.07 Å². The summed E-state index contributed by atoms with van der Waals surface area (Å²) in [5, 5.41) is 9.55. The van der Waals surface area contributed by atoms with Gasteiger partial charge in [-0.1, -0.05) is 6.42 Å². The Morgan fingerprint density at radius 3 is 2.90 bits per heavy atom. The van der Waals surface area contributed by atoms with E-state index in [4.69, 9.17) is 4.74 Å². The van der Waals surface area contributed by atoms with Gasteiger partial charge in [0.15, 0.2) is 0 Å². The second-order valence-electron chi connectivity index (χ2n) is 5.87. The normalized spacial score (nSPS) is 32.7. The van der Waals surface area contributed by atoms with Crippen LogP contribution in [0.1, 0.15) is 26.2 Å². The van der Waals surface area contributed by atoms with Crippen molar-refractivity contribution in [1.82, 2.24) is 9.80 Å². The molecule has 0 amide bonds. The number of fused-ring (bicyclic) bond motifs is 1. The van der Waals surface area contributed by atoms with Crippen molar-refractivity contribution in [3.05, 3.63) is 0 Å². The fourth-order valence-corrected chi connectivity index (χ4v) is 3.38. The lowest BCUT2D eigenvalue weighted by molar-refractivity contribution is -0.149. The van der Waals surface area contributed by atoms with Crippen LogP contribution in [0.4, 0.5) is 0 Å². The van der Waals surface area contributed by atoms with Gasteiger partial charge in [0.05, 0.1) is 31.0 Å². The Balaban J connectivity index is 2.30. The molecule has 6 heteroatoms. The van der Waals surface area contributed by atoms with E-state index >= 15 is 0 Å². The Hall–Kier alpha value is -1.61. The number of aliphatic imine (C=N–C) groups is 1. The van der Waals surface area contributed by atoms with E-state index in [2.05, 4.69) is 16.0 Å². The van der Waals surface area contributed by atoms with Crippen molar-refractivity contribution >= 4 is 12.3 Å². The lowest BCUT2D eigenvalue weighted by atomic mass is 9.91. The third kappa shape index (κ3) is 3.18. The molecule has 0 saturated carbocycles. The summed E-state index contributed by atoms with van der Waals surface area (Å²) in [4.78, 5) is 20.8. The predicted molar refractivity (Wildman–Crippen MR) is 79.8 cm³/mol. The number of nitrogens with zero attached hydrogens (tertiary/aromatic N) is 4. The molecule has 2 rings (SSSR count). The van der Waals surface area contributed by atoms with E-state index in [1.165, 1.54) is 0 Å². The SMILES string of the molecule is CCOC(=O)C1C(N=CN(C)C)C(C#N)C2CCCCN21. The minimum atomic E-state index is -0.420.